The second-order valence-electron chi connectivity index (χ2n) is 14.1. The summed E-state index contributed by atoms with van der Waals surface area (Å²) in [6.07, 6.45) is 0. The van der Waals surface area contributed by atoms with Gasteiger partial charge in [0.2, 0.25) is 0 Å². The molecule has 0 unspecified atom stereocenters. The third-order valence-corrected chi connectivity index (χ3v) is 11.5. The molecule has 12 rings (SSSR count). The Hall–Kier alpha value is -6.58. The van der Waals surface area contributed by atoms with Gasteiger partial charge in [-0.3, -0.25) is 0 Å². The highest BCUT2D eigenvalue weighted by molar-refractivity contribution is 6.88. The fourth-order valence-electron chi connectivity index (χ4n) is 9.36. The molecular weight excluding hydrogens is 615 g/mol. The molecule has 51 heavy (non-hydrogen) atoms. The van der Waals surface area contributed by atoms with E-state index < -0.39 is 0 Å². The van der Waals surface area contributed by atoms with Crippen molar-refractivity contribution < 1.29 is 0 Å². The molecule has 0 aliphatic carbocycles. The second-order valence-corrected chi connectivity index (χ2v) is 14.1. The molecule has 234 valence electrons. The van der Waals surface area contributed by atoms with Gasteiger partial charge >= 0.3 is 6.85 Å². The summed E-state index contributed by atoms with van der Waals surface area (Å²) in [6.45, 7) is 0.145. The van der Waals surface area contributed by atoms with Gasteiger partial charge in [0.25, 0.3) is 0 Å². The van der Waals surface area contributed by atoms with Gasteiger partial charge in [-0.1, -0.05) is 140 Å². The monoisotopic (exact) mass is 644 g/mol. The largest absolute Gasteiger partial charge is 0.375 e. The highest BCUT2D eigenvalue weighted by atomic mass is 15.0. The molecule has 2 nitrogen and oxygen atoms in total. The predicted octanol–water partition coefficient (Wildman–Crippen LogP) is 10.8. The van der Waals surface area contributed by atoms with Crippen molar-refractivity contribution in [3.8, 4) is 50.2 Å². The van der Waals surface area contributed by atoms with Crippen LogP contribution >= 0.6 is 0 Å². The molecule has 0 spiro atoms. The smallest absolute Gasteiger partial charge is 0.329 e. The van der Waals surface area contributed by atoms with Crippen molar-refractivity contribution in [2.45, 2.75) is 0 Å². The molecule has 3 heteroatoms. The number of nitrogens with zero attached hydrogens (tertiary/aromatic N) is 2. The highest BCUT2D eigenvalue weighted by Gasteiger charge is 2.39. The Labute approximate surface area is 295 Å². The topological polar surface area (TPSA) is 9.86 Å². The Morgan fingerprint density at radius 3 is 1.49 bits per heavy atom. The summed E-state index contributed by atoms with van der Waals surface area (Å²) >= 11 is 0. The number of para-hydroxylation sites is 1. The zero-order valence-electron chi connectivity index (χ0n) is 27.7. The molecule has 0 N–H and O–H groups in total. The lowest BCUT2D eigenvalue weighted by atomic mass is 9.45. The van der Waals surface area contributed by atoms with E-state index in [1.165, 1.54) is 105 Å². The van der Waals surface area contributed by atoms with Crippen LogP contribution in [0.2, 0.25) is 0 Å². The summed E-state index contributed by atoms with van der Waals surface area (Å²) in [7, 11) is 0. The summed E-state index contributed by atoms with van der Waals surface area (Å²) in [6, 6.07) is 65.3. The van der Waals surface area contributed by atoms with Gasteiger partial charge < -0.3 is 9.05 Å². The molecule has 0 bridgehead atoms. The van der Waals surface area contributed by atoms with E-state index >= 15 is 0 Å². The lowest BCUT2D eigenvalue weighted by Crippen LogP contribution is -2.53. The van der Waals surface area contributed by atoms with E-state index in [2.05, 4.69) is 185 Å². The third-order valence-electron chi connectivity index (χ3n) is 11.5. The first-order valence-electron chi connectivity index (χ1n) is 17.8. The van der Waals surface area contributed by atoms with Crippen molar-refractivity contribution in [2.75, 3.05) is 0 Å². The summed E-state index contributed by atoms with van der Waals surface area (Å²) in [5.74, 6) is 0. The summed E-state index contributed by atoms with van der Waals surface area (Å²) in [4.78, 5) is 0. The Kier molecular flexibility index (Phi) is 5.35. The fourth-order valence-corrected chi connectivity index (χ4v) is 9.36. The molecular formula is C48H29BN2. The maximum Gasteiger partial charge on any atom is 0.329 e. The molecule has 0 amide bonds. The molecule has 2 aliphatic rings. The van der Waals surface area contributed by atoms with Crippen LogP contribution in [0.25, 0.3) is 93.8 Å². The van der Waals surface area contributed by atoms with Gasteiger partial charge in [-0.05, 0) is 80.7 Å². The average Bonchev–Trinajstić information content (AvgIpc) is 3.71. The molecule has 2 aromatic heterocycles. The van der Waals surface area contributed by atoms with E-state index in [4.69, 9.17) is 0 Å². The Balaban J connectivity index is 1.20. The zero-order valence-corrected chi connectivity index (χ0v) is 27.7. The van der Waals surface area contributed by atoms with Crippen LogP contribution in [0.1, 0.15) is 0 Å². The summed E-state index contributed by atoms with van der Waals surface area (Å²) in [5.41, 5.74) is 19.2. The molecule has 4 heterocycles. The molecule has 0 radical (unpaired) electrons. The van der Waals surface area contributed by atoms with Crippen LogP contribution in [0.5, 0.6) is 0 Å². The number of fused-ring (bicyclic) bond motifs is 10. The number of hydrogen-bond acceptors (Lipinski definition) is 0. The van der Waals surface area contributed by atoms with Crippen LogP contribution in [0.3, 0.4) is 0 Å². The van der Waals surface area contributed by atoms with Crippen molar-refractivity contribution in [1.82, 2.24) is 9.05 Å². The lowest BCUT2D eigenvalue weighted by Gasteiger charge is -2.32. The minimum absolute atomic E-state index is 0.145. The quantitative estimate of drug-likeness (QED) is 0.169. The van der Waals surface area contributed by atoms with Gasteiger partial charge in [-0.15, -0.1) is 0 Å². The minimum atomic E-state index is 0.145. The van der Waals surface area contributed by atoms with E-state index in [0.717, 1.165) is 0 Å². The summed E-state index contributed by atoms with van der Waals surface area (Å²) in [5, 5.41) is 5.15. The normalized spacial score (nSPS) is 12.7. The van der Waals surface area contributed by atoms with Gasteiger partial charge in [0.15, 0.2) is 0 Å². The number of hydrogen-bond donors (Lipinski definition) is 0. The molecule has 0 atom stereocenters. The third kappa shape index (κ3) is 3.62. The fraction of sp³-hybridized carbons (Fsp3) is 0. The van der Waals surface area contributed by atoms with E-state index in [1.807, 2.05) is 0 Å². The molecule has 10 aromatic rings. The number of rotatable bonds is 3. The van der Waals surface area contributed by atoms with Crippen molar-refractivity contribution in [1.29, 1.82) is 0 Å². The van der Waals surface area contributed by atoms with Crippen molar-refractivity contribution in [2.24, 2.45) is 0 Å². The SMILES string of the molecule is c1ccc(-c2ccc3c(c2)c2cc(-c4ccccc4)ccc2n3-c2cc3c4c(c2)c2cccc5c2n4B(c2ccccc2-5)c2ccccc2-3)cc1. The van der Waals surface area contributed by atoms with Crippen LogP contribution < -0.4 is 10.9 Å². The number of aromatic nitrogens is 2. The first-order chi connectivity index (χ1) is 25.3. The van der Waals surface area contributed by atoms with Gasteiger partial charge in [-0.2, -0.15) is 0 Å². The highest BCUT2D eigenvalue weighted by Crippen LogP contribution is 2.46. The molecule has 0 saturated heterocycles. The number of benzene rings is 8. The second kappa shape index (κ2) is 10.00. The first kappa shape index (κ1) is 27.3. The van der Waals surface area contributed by atoms with Crippen molar-refractivity contribution >= 4 is 61.4 Å². The predicted molar refractivity (Wildman–Crippen MR) is 216 cm³/mol. The van der Waals surface area contributed by atoms with Crippen LogP contribution in [0.15, 0.2) is 176 Å². The molecule has 0 fully saturated rings. The molecule has 8 aromatic carbocycles. The Morgan fingerprint density at radius 2 is 0.863 bits per heavy atom. The van der Waals surface area contributed by atoms with Crippen molar-refractivity contribution in [3.05, 3.63) is 176 Å². The van der Waals surface area contributed by atoms with E-state index in [0.29, 0.717) is 0 Å². The van der Waals surface area contributed by atoms with Crippen LogP contribution in [0.4, 0.5) is 0 Å². The molecule has 0 saturated carbocycles. The van der Waals surface area contributed by atoms with E-state index in [1.54, 1.807) is 0 Å². The van der Waals surface area contributed by atoms with Crippen molar-refractivity contribution in [3.63, 3.8) is 0 Å². The lowest BCUT2D eigenvalue weighted by molar-refractivity contribution is 1.18. The molecule has 2 aliphatic heterocycles. The van der Waals surface area contributed by atoms with Gasteiger partial charge in [-0.25, -0.2) is 0 Å². The average molecular weight is 645 g/mol. The van der Waals surface area contributed by atoms with Gasteiger partial charge in [0, 0.05) is 49.4 Å². The van der Waals surface area contributed by atoms with Gasteiger partial charge in [0.1, 0.15) is 0 Å². The maximum absolute atomic E-state index is 2.65. The van der Waals surface area contributed by atoms with Gasteiger partial charge in [0.05, 0.1) is 11.0 Å². The Bertz CT molecular complexity index is 2980. The standard InChI is InChI=1S/C48H29BN2/c1-3-12-30(13-4-1)32-22-24-45-39(26-32)40-27-33(31-14-5-2-6-15-31)23-25-46(40)50(45)34-28-41-36-17-8-10-21-44(36)49-43-20-9-7-16-35(43)37-18-11-19-38-42(29-34)48(41)51(49)47(37)38/h1-29H. The van der Waals surface area contributed by atoms with Crippen LogP contribution in [-0.4, -0.2) is 15.9 Å². The Morgan fingerprint density at radius 1 is 0.333 bits per heavy atom. The first-order valence-corrected chi connectivity index (χ1v) is 17.8. The van der Waals surface area contributed by atoms with Crippen LogP contribution in [-0.2, 0) is 0 Å². The minimum Gasteiger partial charge on any atom is -0.375 e. The maximum atomic E-state index is 2.65. The van der Waals surface area contributed by atoms with Crippen LogP contribution in [0, 0.1) is 0 Å². The summed E-state index contributed by atoms with van der Waals surface area (Å²) < 4.78 is 5.15. The van der Waals surface area contributed by atoms with E-state index in [9.17, 15) is 0 Å². The van der Waals surface area contributed by atoms with E-state index in [-0.39, 0.29) is 6.85 Å². The zero-order chi connectivity index (χ0) is 33.2.